The van der Waals surface area contributed by atoms with E-state index in [0.717, 1.165) is 24.6 Å². The van der Waals surface area contributed by atoms with Gasteiger partial charge < -0.3 is 20.1 Å². The fourth-order valence-corrected chi connectivity index (χ4v) is 2.81. The van der Waals surface area contributed by atoms with E-state index in [0.29, 0.717) is 5.75 Å². The Kier molecular flexibility index (Phi) is 5.88. The van der Waals surface area contributed by atoms with Crippen molar-refractivity contribution in [2.45, 2.75) is 32.7 Å². The number of nitrogens with zero attached hydrogens (tertiary/aromatic N) is 1. The lowest BCUT2D eigenvalue weighted by Crippen LogP contribution is -2.38. The molecule has 2 N–H and O–H groups in total. The van der Waals surface area contributed by atoms with Gasteiger partial charge in [-0.1, -0.05) is 13.0 Å². The van der Waals surface area contributed by atoms with Crippen LogP contribution in [0.3, 0.4) is 0 Å². The molecule has 4 nitrogen and oxygen atoms in total. The van der Waals surface area contributed by atoms with E-state index in [-0.39, 0.29) is 11.8 Å². The molecule has 118 valence electrons. The molecule has 0 spiro atoms. The van der Waals surface area contributed by atoms with E-state index in [9.17, 15) is 5.11 Å². The molecule has 2 rings (SSSR count). The Morgan fingerprint density at radius 1 is 1.38 bits per heavy atom. The number of phenols is 1. The van der Waals surface area contributed by atoms with Crippen LogP contribution in [0.1, 0.15) is 38.3 Å². The number of hydrogen-bond acceptors (Lipinski definition) is 4. The van der Waals surface area contributed by atoms with Crippen LogP contribution in [0.4, 0.5) is 0 Å². The topological polar surface area (TPSA) is 44.7 Å². The molecule has 0 bridgehead atoms. The second-order valence-corrected chi connectivity index (χ2v) is 6.13. The summed E-state index contributed by atoms with van der Waals surface area (Å²) < 4.78 is 5.16. The van der Waals surface area contributed by atoms with Crippen molar-refractivity contribution in [1.82, 2.24) is 10.2 Å². The molecule has 1 saturated heterocycles. The number of piperidine rings is 1. The summed E-state index contributed by atoms with van der Waals surface area (Å²) in [5.74, 6) is 1.61. The van der Waals surface area contributed by atoms with E-state index in [1.165, 1.54) is 25.9 Å². The van der Waals surface area contributed by atoms with Gasteiger partial charge in [0.15, 0.2) is 11.5 Å². The predicted octanol–water partition coefficient (Wildman–Crippen LogP) is 2.78. The Bertz CT molecular complexity index is 442. The van der Waals surface area contributed by atoms with E-state index >= 15 is 0 Å². The van der Waals surface area contributed by atoms with Gasteiger partial charge in [0.2, 0.25) is 0 Å². The van der Waals surface area contributed by atoms with E-state index in [2.05, 4.69) is 24.1 Å². The van der Waals surface area contributed by atoms with Gasteiger partial charge in [0.05, 0.1) is 7.11 Å². The number of nitrogens with one attached hydrogen (secondary N) is 1. The summed E-state index contributed by atoms with van der Waals surface area (Å²) in [5, 5.41) is 13.2. The highest BCUT2D eigenvalue weighted by Crippen LogP contribution is 2.28. The second-order valence-electron chi connectivity index (χ2n) is 6.13. The molecule has 1 aliphatic rings. The SMILES string of the molecule is COc1cc(C(C)NCCN2CCC(C)CC2)ccc1O. The summed E-state index contributed by atoms with van der Waals surface area (Å²) >= 11 is 0. The number of hydrogen-bond donors (Lipinski definition) is 2. The average molecular weight is 292 g/mol. The second kappa shape index (κ2) is 7.66. The highest BCUT2D eigenvalue weighted by Gasteiger charge is 2.15. The number of likely N-dealkylation sites (tertiary alicyclic amines) is 1. The van der Waals surface area contributed by atoms with Gasteiger partial charge in [0, 0.05) is 19.1 Å². The molecule has 4 heteroatoms. The van der Waals surface area contributed by atoms with Gasteiger partial charge in [-0.25, -0.2) is 0 Å². The van der Waals surface area contributed by atoms with Crippen molar-refractivity contribution >= 4 is 0 Å². The fourth-order valence-electron chi connectivity index (χ4n) is 2.81. The van der Waals surface area contributed by atoms with E-state index in [1.54, 1.807) is 13.2 Å². The molecule has 1 aliphatic heterocycles. The molecule has 1 heterocycles. The molecule has 1 aromatic carbocycles. The van der Waals surface area contributed by atoms with Gasteiger partial charge >= 0.3 is 0 Å². The molecule has 21 heavy (non-hydrogen) atoms. The summed E-state index contributed by atoms with van der Waals surface area (Å²) in [6.07, 6.45) is 2.65. The Hall–Kier alpha value is -1.26. The first-order valence-electron chi connectivity index (χ1n) is 7.92. The number of phenolic OH excluding ortho intramolecular Hbond substituents is 1. The summed E-state index contributed by atoms with van der Waals surface area (Å²) in [5.41, 5.74) is 1.14. The number of rotatable bonds is 6. The lowest BCUT2D eigenvalue weighted by atomic mass is 9.99. The maximum absolute atomic E-state index is 9.63. The molecule has 0 aliphatic carbocycles. The maximum atomic E-state index is 9.63. The smallest absolute Gasteiger partial charge is 0.160 e. The third kappa shape index (κ3) is 4.61. The monoisotopic (exact) mass is 292 g/mol. The highest BCUT2D eigenvalue weighted by molar-refractivity contribution is 5.42. The van der Waals surface area contributed by atoms with Crippen molar-refractivity contribution in [3.05, 3.63) is 23.8 Å². The van der Waals surface area contributed by atoms with Gasteiger partial charge in [-0.3, -0.25) is 0 Å². The molecule has 1 atom stereocenters. The van der Waals surface area contributed by atoms with Gasteiger partial charge in [-0.05, 0) is 56.5 Å². The van der Waals surface area contributed by atoms with Crippen LogP contribution in [0.2, 0.25) is 0 Å². The van der Waals surface area contributed by atoms with Crippen LogP contribution in [0.25, 0.3) is 0 Å². The van der Waals surface area contributed by atoms with Crippen molar-refractivity contribution < 1.29 is 9.84 Å². The zero-order chi connectivity index (χ0) is 15.2. The lowest BCUT2D eigenvalue weighted by Gasteiger charge is -2.30. The first kappa shape index (κ1) is 16.1. The molecule has 1 fully saturated rings. The van der Waals surface area contributed by atoms with E-state index < -0.39 is 0 Å². The quantitative estimate of drug-likeness (QED) is 0.846. The molecule has 0 aromatic heterocycles. The lowest BCUT2D eigenvalue weighted by molar-refractivity contribution is 0.191. The molecular weight excluding hydrogens is 264 g/mol. The first-order chi connectivity index (χ1) is 10.1. The van der Waals surface area contributed by atoms with Crippen molar-refractivity contribution in [3.8, 4) is 11.5 Å². The average Bonchev–Trinajstić information content (AvgIpc) is 2.49. The molecule has 1 unspecified atom stereocenters. The standard InChI is InChI=1S/C17H28N2O2/c1-13-6-9-19(10-7-13)11-8-18-14(2)15-4-5-16(20)17(12-15)21-3/h4-5,12-14,18,20H,6-11H2,1-3H3. The molecule has 0 amide bonds. The van der Waals surface area contributed by atoms with Crippen LogP contribution < -0.4 is 10.1 Å². The Balaban J connectivity index is 1.78. The van der Waals surface area contributed by atoms with Gasteiger partial charge in [-0.2, -0.15) is 0 Å². The number of benzene rings is 1. The van der Waals surface area contributed by atoms with Crippen molar-refractivity contribution in [3.63, 3.8) is 0 Å². The summed E-state index contributed by atoms with van der Waals surface area (Å²) in [6.45, 7) is 9.03. The minimum atomic E-state index is 0.191. The summed E-state index contributed by atoms with van der Waals surface area (Å²) in [6, 6.07) is 5.79. The molecule has 0 radical (unpaired) electrons. The van der Waals surface area contributed by atoms with Gasteiger partial charge in [0.1, 0.15) is 0 Å². The Labute approximate surface area is 128 Å². The summed E-state index contributed by atoms with van der Waals surface area (Å²) in [4.78, 5) is 2.54. The van der Waals surface area contributed by atoms with Crippen molar-refractivity contribution in [2.75, 3.05) is 33.3 Å². The third-order valence-electron chi connectivity index (χ3n) is 4.46. The first-order valence-corrected chi connectivity index (χ1v) is 7.92. The minimum Gasteiger partial charge on any atom is -0.504 e. The molecule has 1 aromatic rings. The fraction of sp³-hybridized carbons (Fsp3) is 0.647. The van der Waals surface area contributed by atoms with Crippen LogP contribution in [0, 0.1) is 5.92 Å². The van der Waals surface area contributed by atoms with Crippen LogP contribution in [0.15, 0.2) is 18.2 Å². The largest absolute Gasteiger partial charge is 0.504 e. The minimum absolute atomic E-state index is 0.191. The Morgan fingerprint density at radius 2 is 2.10 bits per heavy atom. The van der Waals surface area contributed by atoms with Crippen LogP contribution >= 0.6 is 0 Å². The van der Waals surface area contributed by atoms with Crippen LogP contribution in [-0.4, -0.2) is 43.3 Å². The Morgan fingerprint density at radius 3 is 2.76 bits per heavy atom. The number of ether oxygens (including phenoxy) is 1. The van der Waals surface area contributed by atoms with E-state index in [4.69, 9.17) is 4.74 Å². The van der Waals surface area contributed by atoms with E-state index in [1.807, 2.05) is 12.1 Å². The third-order valence-corrected chi connectivity index (χ3v) is 4.46. The van der Waals surface area contributed by atoms with Crippen molar-refractivity contribution in [1.29, 1.82) is 0 Å². The maximum Gasteiger partial charge on any atom is 0.160 e. The highest BCUT2D eigenvalue weighted by atomic mass is 16.5. The number of methoxy groups -OCH3 is 1. The zero-order valence-corrected chi connectivity index (χ0v) is 13.4. The normalized spacial score (nSPS) is 18.6. The summed E-state index contributed by atoms with van der Waals surface area (Å²) in [7, 11) is 1.58. The number of aromatic hydroxyl groups is 1. The van der Waals surface area contributed by atoms with Crippen LogP contribution in [-0.2, 0) is 0 Å². The zero-order valence-electron chi connectivity index (χ0n) is 13.4. The predicted molar refractivity (Wildman–Crippen MR) is 85.9 cm³/mol. The van der Waals surface area contributed by atoms with Gasteiger partial charge in [-0.15, -0.1) is 0 Å². The van der Waals surface area contributed by atoms with Crippen LogP contribution in [0.5, 0.6) is 11.5 Å². The van der Waals surface area contributed by atoms with Crippen molar-refractivity contribution in [2.24, 2.45) is 5.92 Å². The molecule has 0 saturated carbocycles. The van der Waals surface area contributed by atoms with Gasteiger partial charge in [0.25, 0.3) is 0 Å². The molecular formula is C17H28N2O2.